The lowest BCUT2D eigenvalue weighted by molar-refractivity contribution is -0.124. The third kappa shape index (κ3) is 4.81. The van der Waals surface area contributed by atoms with Crippen LogP contribution in [0.1, 0.15) is 12.8 Å². The van der Waals surface area contributed by atoms with Crippen molar-refractivity contribution in [2.45, 2.75) is 25.1 Å². The van der Waals surface area contributed by atoms with Gasteiger partial charge in [-0.1, -0.05) is 0 Å². The van der Waals surface area contributed by atoms with Crippen LogP contribution in [0.3, 0.4) is 0 Å². The number of nitrogens with zero attached hydrogens (tertiary/aromatic N) is 2. The highest BCUT2D eigenvalue weighted by Gasteiger charge is 2.31. The Morgan fingerprint density at radius 3 is 2.24 bits per heavy atom. The van der Waals surface area contributed by atoms with E-state index in [1.54, 1.807) is 0 Å². The molecule has 0 aromatic rings. The summed E-state index contributed by atoms with van der Waals surface area (Å²) in [7, 11) is 0. The van der Waals surface area contributed by atoms with E-state index in [0.717, 1.165) is 32.2 Å². The molecule has 0 unspecified atom stereocenters. The first kappa shape index (κ1) is 13.1. The number of hydrogen-bond acceptors (Lipinski definition) is 3. The molecule has 0 amide bonds. The smallest absolute Gasteiger partial charge is 0.307 e. The van der Waals surface area contributed by atoms with E-state index in [9.17, 15) is 13.2 Å². The first-order valence-electron chi connectivity index (χ1n) is 6.28. The quantitative estimate of drug-likeness (QED) is 0.733. The number of halogens is 3. The maximum atomic E-state index is 11.9. The van der Waals surface area contributed by atoms with Gasteiger partial charge in [0.2, 0.25) is 0 Å². The van der Waals surface area contributed by atoms with Crippen LogP contribution in [0.5, 0.6) is 0 Å². The Morgan fingerprint density at radius 2 is 1.71 bits per heavy atom. The third-order valence-corrected chi connectivity index (χ3v) is 3.40. The molecule has 17 heavy (non-hydrogen) atoms. The number of alkyl halides is 3. The van der Waals surface area contributed by atoms with E-state index in [1.165, 1.54) is 12.8 Å². The first-order chi connectivity index (χ1) is 8.04. The highest BCUT2D eigenvalue weighted by Crippen LogP contribution is 2.27. The van der Waals surface area contributed by atoms with E-state index in [1.807, 2.05) is 0 Å². The van der Waals surface area contributed by atoms with Gasteiger partial charge in [0, 0.05) is 45.3 Å². The molecule has 0 bridgehead atoms. The maximum Gasteiger partial charge on any atom is 0.401 e. The Labute approximate surface area is 99.9 Å². The second kappa shape index (κ2) is 5.54. The van der Waals surface area contributed by atoms with Crippen molar-refractivity contribution in [1.29, 1.82) is 0 Å². The van der Waals surface area contributed by atoms with Crippen molar-refractivity contribution in [3.05, 3.63) is 0 Å². The van der Waals surface area contributed by atoms with E-state index in [2.05, 4.69) is 15.1 Å². The highest BCUT2D eigenvalue weighted by atomic mass is 19.4. The molecule has 1 saturated carbocycles. The van der Waals surface area contributed by atoms with Crippen molar-refractivity contribution >= 4 is 0 Å². The topological polar surface area (TPSA) is 18.5 Å². The standard InChI is InChI=1S/C11H20F3N3/c12-11(13,14)9-15-3-4-16-5-7-17(8-6-16)10-1-2-10/h10,15H,1-9H2. The molecule has 0 radical (unpaired) electrons. The Morgan fingerprint density at radius 1 is 1.06 bits per heavy atom. The molecule has 1 aliphatic heterocycles. The monoisotopic (exact) mass is 251 g/mol. The molecule has 0 atom stereocenters. The number of piperazine rings is 1. The first-order valence-corrected chi connectivity index (χ1v) is 6.28. The molecule has 2 aliphatic rings. The molecule has 0 spiro atoms. The predicted octanol–water partition coefficient (Wildman–Crippen LogP) is 0.918. The summed E-state index contributed by atoms with van der Waals surface area (Å²) in [6.07, 6.45) is -1.44. The number of hydrogen-bond donors (Lipinski definition) is 1. The van der Waals surface area contributed by atoms with E-state index in [0.29, 0.717) is 13.1 Å². The van der Waals surface area contributed by atoms with E-state index in [4.69, 9.17) is 0 Å². The summed E-state index contributed by atoms with van der Waals surface area (Å²) in [6.45, 7) is 4.38. The molecule has 1 aliphatic carbocycles. The summed E-state index contributed by atoms with van der Waals surface area (Å²) in [5.41, 5.74) is 0. The van der Waals surface area contributed by atoms with Crippen molar-refractivity contribution in [2.24, 2.45) is 0 Å². The van der Waals surface area contributed by atoms with Crippen LogP contribution >= 0.6 is 0 Å². The molecule has 0 aromatic heterocycles. The average Bonchev–Trinajstić information content (AvgIpc) is 3.08. The molecule has 1 N–H and O–H groups in total. The Hall–Kier alpha value is -0.330. The van der Waals surface area contributed by atoms with Gasteiger partial charge in [-0.15, -0.1) is 0 Å². The van der Waals surface area contributed by atoms with E-state index < -0.39 is 12.7 Å². The van der Waals surface area contributed by atoms with Gasteiger partial charge in [0.1, 0.15) is 0 Å². The van der Waals surface area contributed by atoms with Crippen LogP contribution in [0.25, 0.3) is 0 Å². The van der Waals surface area contributed by atoms with Crippen molar-refractivity contribution in [1.82, 2.24) is 15.1 Å². The maximum absolute atomic E-state index is 11.9. The zero-order valence-corrected chi connectivity index (χ0v) is 9.97. The van der Waals surface area contributed by atoms with E-state index in [-0.39, 0.29) is 0 Å². The van der Waals surface area contributed by atoms with Crippen LogP contribution < -0.4 is 5.32 Å². The van der Waals surface area contributed by atoms with Crippen LogP contribution in [0.2, 0.25) is 0 Å². The van der Waals surface area contributed by atoms with Gasteiger partial charge >= 0.3 is 6.18 Å². The van der Waals surface area contributed by atoms with Gasteiger partial charge in [0.05, 0.1) is 6.54 Å². The fourth-order valence-electron chi connectivity index (χ4n) is 2.26. The molecule has 0 aromatic carbocycles. The molecule has 1 heterocycles. The van der Waals surface area contributed by atoms with Crippen molar-refractivity contribution in [3.63, 3.8) is 0 Å². The molecule has 3 nitrogen and oxygen atoms in total. The van der Waals surface area contributed by atoms with Crippen LogP contribution in [0.15, 0.2) is 0 Å². The minimum Gasteiger partial charge on any atom is -0.307 e. The lowest BCUT2D eigenvalue weighted by Gasteiger charge is -2.34. The minimum absolute atomic E-state index is 0.420. The second-order valence-corrected chi connectivity index (χ2v) is 4.90. The predicted molar refractivity (Wildman–Crippen MR) is 60.0 cm³/mol. The SMILES string of the molecule is FC(F)(F)CNCCN1CCN(C2CC2)CC1. The highest BCUT2D eigenvalue weighted by molar-refractivity contribution is 4.87. The third-order valence-electron chi connectivity index (χ3n) is 3.40. The zero-order valence-electron chi connectivity index (χ0n) is 9.97. The summed E-state index contributed by atoms with van der Waals surface area (Å²) in [4.78, 5) is 4.74. The summed E-state index contributed by atoms with van der Waals surface area (Å²) < 4.78 is 35.7. The van der Waals surface area contributed by atoms with Gasteiger partial charge in [-0.3, -0.25) is 9.80 Å². The van der Waals surface area contributed by atoms with Crippen LogP contribution in [0, 0.1) is 0 Å². The summed E-state index contributed by atoms with van der Waals surface area (Å²) in [5, 5.41) is 2.44. The lowest BCUT2D eigenvalue weighted by atomic mass is 10.3. The summed E-state index contributed by atoms with van der Waals surface area (Å²) >= 11 is 0. The number of rotatable bonds is 5. The van der Waals surface area contributed by atoms with Gasteiger partial charge in [-0.2, -0.15) is 13.2 Å². The van der Waals surface area contributed by atoms with Crippen molar-refractivity contribution in [2.75, 3.05) is 45.8 Å². The van der Waals surface area contributed by atoms with Gasteiger partial charge in [0.25, 0.3) is 0 Å². The van der Waals surface area contributed by atoms with Crippen molar-refractivity contribution < 1.29 is 13.2 Å². The Bertz CT molecular complexity index is 233. The molecule has 1 saturated heterocycles. The Kier molecular flexibility index (Phi) is 4.27. The summed E-state index contributed by atoms with van der Waals surface area (Å²) in [6, 6.07) is 0.806. The Balaban J connectivity index is 1.52. The van der Waals surface area contributed by atoms with Crippen LogP contribution in [-0.2, 0) is 0 Å². The molecule has 2 rings (SSSR count). The fraction of sp³-hybridized carbons (Fsp3) is 1.00. The average molecular weight is 251 g/mol. The molecule has 100 valence electrons. The summed E-state index contributed by atoms with van der Waals surface area (Å²) in [5.74, 6) is 0. The van der Waals surface area contributed by atoms with Gasteiger partial charge in [-0.05, 0) is 12.8 Å². The second-order valence-electron chi connectivity index (χ2n) is 4.90. The van der Waals surface area contributed by atoms with Gasteiger partial charge in [0.15, 0.2) is 0 Å². The largest absolute Gasteiger partial charge is 0.401 e. The fourth-order valence-corrected chi connectivity index (χ4v) is 2.26. The molecule has 2 fully saturated rings. The van der Waals surface area contributed by atoms with E-state index >= 15 is 0 Å². The molecular formula is C11H20F3N3. The zero-order chi connectivity index (χ0) is 12.3. The minimum atomic E-state index is -4.09. The van der Waals surface area contributed by atoms with Gasteiger partial charge < -0.3 is 5.32 Å². The number of nitrogens with one attached hydrogen (secondary N) is 1. The molecule has 6 heteroatoms. The normalized spacial score (nSPS) is 24.2. The van der Waals surface area contributed by atoms with Crippen LogP contribution in [0.4, 0.5) is 13.2 Å². The van der Waals surface area contributed by atoms with Crippen LogP contribution in [-0.4, -0.2) is 67.8 Å². The van der Waals surface area contributed by atoms with Crippen molar-refractivity contribution in [3.8, 4) is 0 Å². The molecular weight excluding hydrogens is 231 g/mol. The lowest BCUT2D eigenvalue weighted by Crippen LogP contribution is -2.49. The van der Waals surface area contributed by atoms with Gasteiger partial charge in [-0.25, -0.2) is 0 Å².